The third-order valence-corrected chi connectivity index (χ3v) is 0.920. The van der Waals surface area contributed by atoms with Gasteiger partial charge in [0.1, 0.15) is 0 Å². The molecular weight excluding hydrogens is 126 g/mol. The first-order valence-electron chi connectivity index (χ1n) is 4.14. The predicted molar refractivity (Wildman–Crippen MR) is 46.4 cm³/mol. The van der Waals surface area contributed by atoms with Crippen LogP contribution in [0.2, 0.25) is 0 Å². The second-order valence-electron chi connectivity index (χ2n) is 1.65. The molecule has 1 N–H and O–H groups in total. The lowest BCUT2D eigenvalue weighted by molar-refractivity contribution is 0.145. The molecule has 10 heavy (non-hydrogen) atoms. The normalized spacial score (nSPS) is 8.40. The highest BCUT2D eigenvalue weighted by Crippen LogP contribution is 1.77. The molecule has 0 aliphatic heterocycles. The van der Waals surface area contributed by atoms with Crippen LogP contribution in [0, 0.1) is 0 Å². The fourth-order valence-corrected chi connectivity index (χ4v) is 0.495. The van der Waals surface area contributed by atoms with E-state index < -0.39 is 0 Å². The molecule has 0 spiro atoms. The van der Waals surface area contributed by atoms with E-state index in [1.807, 2.05) is 27.8 Å². The van der Waals surface area contributed by atoms with E-state index in [1.165, 1.54) is 0 Å². The molecule has 0 amide bonds. The number of nitrogens with one attached hydrogen (secondary N) is 1. The Hall–Kier alpha value is -0.0800. The van der Waals surface area contributed by atoms with Crippen molar-refractivity contribution < 1.29 is 4.74 Å². The van der Waals surface area contributed by atoms with E-state index in [0.29, 0.717) is 0 Å². The van der Waals surface area contributed by atoms with Crippen LogP contribution in [-0.2, 0) is 4.74 Å². The molecule has 2 heteroatoms. The van der Waals surface area contributed by atoms with Crippen LogP contribution in [0.15, 0.2) is 0 Å². The molecule has 0 aromatic rings. The van der Waals surface area contributed by atoms with Gasteiger partial charge in [0.2, 0.25) is 0 Å². The van der Waals surface area contributed by atoms with Gasteiger partial charge in [-0.2, -0.15) is 0 Å². The summed E-state index contributed by atoms with van der Waals surface area (Å²) in [4.78, 5) is 0. The Morgan fingerprint density at radius 1 is 1.30 bits per heavy atom. The second kappa shape index (κ2) is 16.0. The van der Waals surface area contributed by atoms with Crippen LogP contribution in [-0.4, -0.2) is 26.8 Å². The van der Waals surface area contributed by atoms with Crippen molar-refractivity contribution >= 4 is 0 Å². The van der Waals surface area contributed by atoms with E-state index in [2.05, 4.69) is 5.32 Å². The van der Waals surface area contributed by atoms with E-state index in [9.17, 15) is 0 Å². The van der Waals surface area contributed by atoms with Crippen LogP contribution >= 0.6 is 0 Å². The largest absolute Gasteiger partial charge is 0.382 e. The lowest BCUT2D eigenvalue weighted by Gasteiger charge is -1.98. The van der Waals surface area contributed by atoms with Crippen LogP contribution in [0.3, 0.4) is 0 Å². The second-order valence-corrected chi connectivity index (χ2v) is 1.65. The number of ether oxygens (including phenoxy) is 1. The molecule has 0 unspecified atom stereocenters. The summed E-state index contributed by atoms with van der Waals surface area (Å²) in [6.45, 7) is 8.79. The van der Waals surface area contributed by atoms with Crippen LogP contribution < -0.4 is 5.32 Å². The van der Waals surface area contributed by atoms with Crippen LogP contribution in [0.25, 0.3) is 0 Å². The monoisotopic (exact) mass is 147 g/mol. The summed E-state index contributed by atoms with van der Waals surface area (Å²) in [6.07, 6.45) is 1.12. The first-order valence-corrected chi connectivity index (χ1v) is 4.14. The summed E-state index contributed by atoms with van der Waals surface area (Å²) in [6, 6.07) is 0. The highest BCUT2D eigenvalue weighted by molar-refractivity contribution is 4.37. The third kappa shape index (κ3) is 15.7. The molecule has 0 radical (unpaired) electrons. The molecule has 0 fully saturated rings. The average Bonchev–Trinajstić information content (AvgIpc) is 2.02. The summed E-state index contributed by atoms with van der Waals surface area (Å²) >= 11 is 0. The van der Waals surface area contributed by atoms with Gasteiger partial charge in [-0.3, -0.25) is 0 Å². The Morgan fingerprint density at radius 3 is 2.30 bits per heavy atom. The molecule has 0 heterocycles. The predicted octanol–water partition coefficient (Wildman–Crippen LogP) is 1.66. The average molecular weight is 147 g/mol. The third-order valence-electron chi connectivity index (χ3n) is 0.920. The number of hydrogen-bond donors (Lipinski definition) is 1. The van der Waals surface area contributed by atoms with E-state index in [-0.39, 0.29) is 0 Å². The van der Waals surface area contributed by atoms with E-state index >= 15 is 0 Å². The van der Waals surface area contributed by atoms with Gasteiger partial charge >= 0.3 is 0 Å². The lowest BCUT2D eigenvalue weighted by atomic mass is 10.4. The van der Waals surface area contributed by atoms with Crippen molar-refractivity contribution in [3.63, 3.8) is 0 Å². The SMILES string of the molecule is CC.CCOCCCNC. The van der Waals surface area contributed by atoms with Gasteiger partial charge in [-0.05, 0) is 26.9 Å². The molecule has 2 nitrogen and oxygen atoms in total. The van der Waals surface area contributed by atoms with Gasteiger partial charge in [-0.1, -0.05) is 13.8 Å². The van der Waals surface area contributed by atoms with E-state index in [1.54, 1.807) is 0 Å². The summed E-state index contributed by atoms with van der Waals surface area (Å²) in [5, 5.41) is 3.05. The maximum absolute atomic E-state index is 5.10. The van der Waals surface area contributed by atoms with E-state index in [4.69, 9.17) is 4.74 Å². The fraction of sp³-hybridized carbons (Fsp3) is 1.00. The van der Waals surface area contributed by atoms with Crippen molar-refractivity contribution in [3.8, 4) is 0 Å². The summed E-state index contributed by atoms with van der Waals surface area (Å²) < 4.78 is 5.10. The Bertz CT molecular complexity index is 34.2. The minimum absolute atomic E-state index is 0.837. The Labute approximate surface area is 65.0 Å². The zero-order valence-electron chi connectivity index (χ0n) is 7.74. The molecule has 0 aliphatic rings. The lowest BCUT2D eigenvalue weighted by Crippen LogP contribution is -2.10. The van der Waals surface area contributed by atoms with Crippen LogP contribution in [0.5, 0.6) is 0 Å². The van der Waals surface area contributed by atoms with Crippen LogP contribution in [0.4, 0.5) is 0 Å². The molecule has 0 aliphatic carbocycles. The minimum atomic E-state index is 0.837. The summed E-state index contributed by atoms with van der Waals surface area (Å²) in [7, 11) is 1.95. The Balaban J connectivity index is 0. The first kappa shape index (κ1) is 12.6. The van der Waals surface area contributed by atoms with Crippen molar-refractivity contribution in [1.29, 1.82) is 0 Å². The zero-order chi connectivity index (χ0) is 8.24. The number of rotatable bonds is 5. The summed E-state index contributed by atoms with van der Waals surface area (Å²) in [5.41, 5.74) is 0. The standard InChI is InChI=1S/C6H15NO.C2H6/c1-3-8-6-4-5-7-2;1-2/h7H,3-6H2,1-2H3;1-2H3. The topological polar surface area (TPSA) is 21.3 Å². The van der Waals surface area contributed by atoms with Crippen molar-refractivity contribution in [2.24, 2.45) is 0 Å². The molecule has 0 saturated carbocycles. The van der Waals surface area contributed by atoms with Gasteiger partial charge in [-0.15, -0.1) is 0 Å². The van der Waals surface area contributed by atoms with Crippen molar-refractivity contribution in [1.82, 2.24) is 5.32 Å². The maximum atomic E-state index is 5.10. The van der Waals surface area contributed by atoms with Crippen molar-refractivity contribution in [2.45, 2.75) is 27.2 Å². The zero-order valence-corrected chi connectivity index (χ0v) is 7.74. The van der Waals surface area contributed by atoms with Crippen molar-refractivity contribution in [3.05, 3.63) is 0 Å². The molecule has 0 aromatic heterocycles. The van der Waals surface area contributed by atoms with Gasteiger partial charge in [-0.25, -0.2) is 0 Å². The van der Waals surface area contributed by atoms with E-state index in [0.717, 1.165) is 26.2 Å². The fourth-order valence-electron chi connectivity index (χ4n) is 0.495. The molecule has 0 atom stereocenters. The molecule has 64 valence electrons. The van der Waals surface area contributed by atoms with Gasteiger partial charge in [0, 0.05) is 13.2 Å². The Kier molecular flexibility index (Phi) is 20.1. The number of hydrogen-bond acceptors (Lipinski definition) is 2. The smallest absolute Gasteiger partial charge is 0.0477 e. The quantitative estimate of drug-likeness (QED) is 0.597. The summed E-state index contributed by atoms with van der Waals surface area (Å²) in [5.74, 6) is 0. The highest BCUT2D eigenvalue weighted by atomic mass is 16.5. The highest BCUT2D eigenvalue weighted by Gasteiger charge is 1.81. The maximum Gasteiger partial charge on any atom is 0.0477 e. The molecular formula is C8H21NO. The van der Waals surface area contributed by atoms with Crippen molar-refractivity contribution in [2.75, 3.05) is 26.8 Å². The Morgan fingerprint density at radius 2 is 1.90 bits per heavy atom. The van der Waals surface area contributed by atoms with Gasteiger partial charge in [0.25, 0.3) is 0 Å². The molecule has 0 saturated heterocycles. The van der Waals surface area contributed by atoms with Crippen LogP contribution in [0.1, 0.15) is 27.2 Å². The minimum Gasteiger partial charge on any atom is -0.382 e. The molecule has 0 aromatic carbocycles. The van der Waals surface area contributed by atoms with Gasteiger partial charge in [0.15, 0.2) is 0 Å². The molecule has 0 rings (SSSR count). The van der Waals surface area contributed by atoms with Gasteiger partial charge in [0.05, 0.1) is 0 Å². The molecule has 0 bridgehead atoms. The first-order chi connectivity index (χ1) is 4.91. The van der Waals surface area contributed by atoms with Gasteiger partial charge < -0.3 is 10.1 Å².